The summed E-state index contributed by atoms with van der Waals surface area (Å²) in [7, 11) is 3.74. The van der Waals surface area contributed by atoms with Gasteiger partial charge in [0.25, 0.3) is 0 Å². The number of likely N-dealkylation sites (N-methyl/N-ethyl adjacent to an activating group) is 1. The number of allylic oxidation sites excluding steroid dienone is 1. The summed E-state index contributed by atoms with van der Waals surface area (Å²) in [6.45, 7) is 1.51. The van der Waals surface area contributed by atoms with E-state index in [1.165, 1.54) is 5.57 Å². The van der Waals surface area contributed by atoms with E-state index in [1.54, 1.807) is 18.4 Å². The second-order valence-electron chi connectivity index (χ2n) is 5.76. The van der Waals surface area contributed by atoms with Crippen LogP contribution >= 0.6 is 11.3 Å². The van der Waals surface area contributed by atoms with Gasteiger partial charge in [-0.05, 0) is 11.6 Å². The summed E-state index contributed by atoms with van der Waals surface area (Å²) >= 11 is 1.63. The number of hydrogen-bond acceptors (Lipinski definition) is 6. The molecule has 1 aromatic heterocycles. The lowest BCUT2D eigenvalue weighted by Crippen LogP contribution is -2.26. The number of nitrogens with zero attached hydrogens (tertiary/aromatic N) is 4. The van der Waals surface area contributed by atoms with Gasteiger partial charge in [0.05, 0.1) is 18.0 Å². The van der Waals surface area contributed by atoms with Gasteiger partial charge in [0.1, 0.15) is 5.69 Å². The molecule has 6 heteroatoms. The molecule has 0 fully saturated rings. The Labute approximate surface area is 145 Å². The second-order valence-corrected chi connectivity index (χ2v) is 6.60. The zero-order valence-corrected chi connectivity index (χ0v) is 14.5. The summed E-state index contributed by atoms with van der Waals surface area (Å²) in [5, 5.41) is 3.05. The minimum atomic E-state index is -0.0495. The molecule has 3 heterocycles. The first kappa shape index (κ1) is 15.2. The Morgan fingerprint density at radius 2 is 2.04 bits per heavy atom. The van der Waals surface area contributed by atoms with E-state index < -0.39 is 0 Å². The molecule has 1 atom stereocenters. The Morgan fingerprint density at radius 1 is 1.21 bits per heavy atom. The third-order valence-electron chi connectivity index (χ3n) is 4.12. The fraction of sp³-hybridized carbons (Fsp3) is 0.278. The molecule has 5 nitrogen and oxygen atoms in total. The van der Waals surface area contributed by atoms with Crippen LogP contribution in [-0.2, 0) is 4.74 Å². The molecule has 2 aliphatic heterocycles. The minimum Gasteiger partial charge on any atom is -0.383 e. The average molecular weight is 338 g/mol. The average Bonchev–Trinajstić information content (AvgIpc) is 3.20. The standard InChI is InChI=1S/C18H18N4OS/c1-22(8-9-23-2)18-20-15(11-24-18)16-13-10-14(19-17(13)21-16)12-6-4-3-5-7-12/h3-7,10-11,17H,8-9H2,1-2H3. The highest BCUT2D eigenvalue weighted by molar-refractivity contribution is 7.14. The second kappa shape index (κ2) is 6.30. The van der Waals surface area contributed by atoms with Gasteiger partial charge >= 0.3 is 0 Å². The van der Waals surface area contributed by atoms with Crippen LogP contribution in [0, 0.1) is 0 Å². The lowest BCUT2D eigenvalue weighted by atomic mass is 9.99. The third-order valence-corrected chi connectivity index (χ3v) is 5.07. The first-order valence-corrected chi connectivity index (χ1v) is 8.73. The first-order valence-electron chi connectivity index (χ1n) is 7.85. The van der Waals surface area contributed by atoms with Crippen LogP contribution in [0.3, 0.4) is 0 Å². The van der Waals surface area contributed by atoms with Crippen molar-refractivity contribution < 1.29 is 4.74 Å². The molecule has 2 aromatic rings. The number of aromatic nitrogens is 1. The summed E-state index contributed by atoms with van der Waals surface area (Å²) < 4.78 is 5.12. The monoisotopic (exact) mass is 338 g/mol. The van der Waals surface area contributed by atoms with Crippen LogP contribution in [0.4, 0.5) is 5.13 Å². The number of benzene rings is 1. The Balaban J connectivity index is 1.51. The number of thiazole rings is 1. The molecule has 0 amide bonds. The van der Waals surface area contributed by atoms with Gasteiger partial charge in [0, 0.05) is 31.7 Å². The summed E-state index contributed by atoms with van der Waals surface area (Å²) in [4.78, 5) is 16.1. The molecule has 0 saturated heterocycles. The van der Waals surface area contributed by atoms with E-state index in [1.807, 2.05) is 25.2 Å². The van der Waals surface area contributed by atoms with Crippen molar-refractivity contribution in [3.8, 4) is 0 Å². The van der Waals surface area contributed by atoms with Gasteiger partial charge in [0.2, 0.25) is 0 Å². The van der Waals surface area contributed by atoms with E-state index in [0.29, 0.717) is 6.61 Å². The molecule has 0 spiro atoms. The maximum Gasteiger partial charge on any atom is 0.185 e. The summed E-state index contributed by atoms with van der Waals surface area (Å²) in [5.74, 6) is 0. The van der Waals surface area contributed by atoms with Gasteiger partial charge in [-0.1, -0.05) is 30.3 Å². The summed E-state index contributed by atoms with van der Waals surface area (Å²) in [6, 6.07) is 10.2. The molecule has 24 heavy (non-hydrogen) atoms. The number of methoxy groups -OCH3 is 1. The van der Waals surface area contributed by atoms with Crippen molar-refractivity contribution in [1.82, 2.24) is 4.98 Å². The minimum absolute atomic E-state index is 0.0495. The third kappa shape index (κ3) is 2.68. The molecule has 0 aliphatic carbocycles. The van der Waals surface area contributed by atoms with Crippen LogP contribution in [0.15, 0.2) is 57.3 Å². The number of fused-ring (bicyclic) bond motifs is 1. The van der Waals surface area contributed by atoms with E-state index in [4.69, 9.17) is 9.72 Å². The topological polar surface area (TPSA) is 50.1 Å². The van der Waals surface area contributed by atoms with E-state index in [0.717, 1.165) is 34.4 Å². The highest BCUT2D eigenvalue weighted by Crippen LogP contribution is 2.33. The Morgan fingerprint density at radius 3 is 2.83 bits per heavy atom. The highest BCUT2D eigenvalue weighted by Gasteiger charge is 2.34. The van der Waals surface area contributed by atoms with Crippen LogP contribution < -0.4 is 4.90 Å². The predicted molar refractivity (Wildman–Crippen MR) is 98.6 cm³/mol. The molecular weight excluding hydrogens is 320 g/mol. The van der Waals surface area contributed by atoms with E-state index >= 15 is 0 Å². The van der Waals surface area contributed by atoms with E-state index in [2.05, 4.69) is 38.5 Å². The zero-order chi connectivity index (χ0) is 16.5. The summed E-state index contributed by atoms with van der Waals surface area (Å²) in [6.07, 6.45) is 2.09. The van der Waals surface area contributed by atoms with Gasteiger partial charge in [-0.2, -0.15) is 0 Å². The molecule has 0 radical (unpaired) electrons. The van der Waals surface area contributed by atoms with Crippen molar-refractivity contribution >= 4 is 27.9 Å². The normalized spacial score (nSPS) is 18.4. The molecule has 4 rings (SSSR count). The van der Waals surface area contributed by atoms with Crippen LogP contribution in [0.5, 0.6) is 0 Å². The molecule has 0 bridgehead atoms. The number of ether oxygens (including phenoxy) is 1. The van der Waals surface area contributed by atoms with Crippen molar-refractivity contribution in [2.45, 2.75) is 6.17 Å². The predicted octanol–water partition coefficient (Wildman–Crippen LogP) is 2.78. The van der Waals surface area contributed by atoms with Gasteiger partial charge in [-0.3, -0.25) is 9.98 Å². The SMILES string of the molecule is COCCN(C)c1nc(C2=NC3N=C(c4ccccc4)C=C23)cs1. The van der Waals surface area contributed by atoms with Crippen molar-refractivity contribution in [1.29, 1.82) is 0 Å². The van der Waals surface area contributed by atoms with Gasteiger partial charge < -0.3 is 9.64 Å². The number of aliphatic imine (C=N–C) groups is 2. The first-order chi connectivity index (χ1) is 11.8. The van der Waals surface area contributed by atoms with Crippen LogP contribution in [0.1, 0.15) is 11.3 Å². The van der Waals surface area contributed by atoms with E-state index in [9.17, 15) is 0 Å². The Bertz CT molecular complexity index is 838. The fourth-order valence-corrected chi connectivity index (χ4v) is 3.54. The van der Waals surface area contributed by atoms with Crippen LogP contribution in [0.2, 0.25) is 0 Å². The van der Waals surface area contributed by atoms with Crippen LogP contribution in [0.25, 0.3) is 0 Å². The lowest BCUT2D eigenvalue weighted by molar-refractivity contribution is 0.206. The Hall–Kier alpha value is -2.31. The van der Waals surface area contributed by atoms with Gasteiger partial charge in [0.15, 0.2) is 11.3 Å². The maximum absolute atomic E-state index is 5.12. The molecule has 0 saturated carbocycles. The molecule has 122 valence electrons. The summed E-state index contributed by atoms with van der Waals surface area (Å²) in [5.41, 5.74) is 5.21. The lowest BCUT2D eigenvalue weighted by Gasteiger charge is -2.20. The molecule has 1 aromatic carbocycles. The smallest absolute Gasteiger partial charge is 0.185 e. The quantitative estimate of drug-likeness (QED) is 0.814. The largest absolute Gasteiger partial charge is 0.383 e. The highest BCUT2D eigenvalue weighted by atomic mass is 32.1. The number of hydrogen-bond donors (Lipinski definition) is 0. The van der Waals surface area contributed by atoms with Gasteiger partial charge in [-0.25, -0.2) is 4.98 Å². The molecular formula is C18H18N4OS. The van der Waals surface area contributed by atoms with Gasteiger partial charge in [-0.15, -0.1) is 11.3 Å². The van der Waals surface area contributed by atoms with Crippen molar-refractivity contribution in [2.24, 2.45) is 9.98 Å². The number of rotatable bonds is 6. The fourth-order valence-electron chi connectivity index (χ4n) is 2.73. The molecule has 0 N–H and O–H groups in total. The van der Waals surface area contributed by atoms with Crippen molar-refractivity contribution in [3.63, 3.8) is 0 Å². The number of anilines is 1. The molecule has 2 aliphatic rings. The van der Waals surface area contributed by atoms with Crippen molar-refractivity contribution in [2.75, 3.05) is 32.2 Å². The van der Waals surface area contributed by atoms with Crippen molar-refractivity contribution in [3.05, 3.63) is 58.6 Å². The maximum atomic E-state index is 5.12. The zero-order valence-electron chi connectivity index (χ0n) is 13.6. The molecule has 1 unspecified atom stereocenters. The Kier molecular flexibility index (Phi) is 4.00. The van der Waals surface area contributed by atoms with E-state index in [-0.39, 0.29) is 6.17 Å². The van der Waals surface area contributed by atoms with Crippen LogP contribution in [-0.4, -0.2) is 49.9 Å².